The largest absolute Gasteiger partial charge is 0.484 e. The predicted octanol–water partition coefficient (Wildman–Crippen LogP) is 4.49. The molecule has 1 aromatic heterocycles. The van der Waals surface area contributed by atoms with Gasteiger partial charge < -0.3 is 9.30 Å². The summed E-state index contributed by atoms with van der Waals surface area (Å²) in [4.78, 5) is 22.3. The molecule has 6 nitrogen and oxygen atoms in total. The summed E-state index contributed by atoms with van der Waals surface area (Å²) in [7, 11) is 0. The second-order valence-corrected chi connectivity index (χ2v) is 5.98. The zero-order valence-corrected chi connectivity index (χ0v) is 14.5. The smallest absolute Gasteiger partial charge is 0.406 e. The van der Waals surface area contributed by atoms with E-state index in [1.807, 2.05) is 0 Å². The Balaban J connectivity index is 2.14. The highest BCUT2D eigenvalue weighted by Gasteiger charge is 2.30. The van der Waals surface area contributed by atoms with Crippen molar-refractivity contribution in [2.75, 3.05) is 6.61 Å². The van der Waals surface area contributed by atoms with Gasteiger partial charge in [-0.05, 0) is 26.0 Å². The van der Waals surface area contributed by atoms with Crippen LogP contribution in [0.4, 0.5) is 18.9 Å². The van der Waals surface area contributed by atoms with Crippen LogP contribution in [0.3, 0.4) is 0 Å². The number of rotatable bonds is 6. The first-order valence-electron chi connectivity index (χ1n) is 7.33. The van der Waals surface area contributed by atoms with E-state index >= 15 is 0 Å². The Morgan fingerprint density at radius 3 is 2.50 bits per heavy atom. The number of nitrogens with zero attached hydrogens (tertiary/aromatic N) is 2. The highest BCUT2D eigenvalue weighted by Crippen LogP contribution is 2.29. The minimum absolute atomic E-state index is 0.0467. The first kappa shape index (κ1) is 19.8. The highest BCUT2D eigenvalue weighted by atomic mass is 35.5. The monoisotopic (exact) mass is 390 g/mol. The molecule has 140 valence electrons. The van der Waals surface area contributed by atoms with E-state index in [1.165, 1.54) is 32.0 Å². The minimum atomic E-state index is -4.41. The summed E-state index contributed by atoms with van der Waals surface area (Å²) in [6.07, 6.45) is -4.41. The molecule has 1 heterocycles. The number of ether oxygens (including phenoxy) is 1. The summed E-state index contributed by atoms with van der Waals surface area (Å²) in [5.41, 5.74) is 0.369. The number of nitro groups is 1. The Morgan fingerprint density at radius 1 is 1.31 bits per heavy atom. The van der Waals surface area contributed by atoms with Crippen molar-refractivity contribution < 1.29 is 27.6 Å². The number of aromatic nitrogens is 1. The molecule has 0 aliphatic carbocycles. The lowest BCUT2D eigenvalue weighted by Crippen LogP contribution is -2.20. The van der Waals surface area contributed by atoms with Crippen LogP contribution in [0.15, 0.2) is 24.3 Å². The van der Waals surface area contributed by atoms with E-state index in [9.17, 15) is 28.1 Å². The summed E-state index contributed by atoms with van der Waals surface area (Å²) >= 11 is 5.87. The van der Waals surface area contributed by atoms with Gasteiger partial charge in [-0.2, -0.15) is 13.2 Å². The van der Waals surface area contributed by atoms with Gasteiger partial charge in [0, 0.05) is 29.1 Å². The van der Waals surface area contributed by atoms with Crippen LogP contribution >= 0.6 is 11.6 Å². The van der Waals surface area contributed by atoms with Gasteiger partial charge in [0.1, 0.15) is 12.3 Å². The Kier molecular flexibility index (Phi) is 5.60. The number of nitro benzene ring substituents is 1. The Hall–Kier alpha value is -2.55. The molecule has 0 radical (unpaired) electrons. The lowest BCUT2D eigenvalue weighted by atomic mass is 10.1. The first-order valence-corrected chi connectivity index (χ1v) is 7.71. The van der Waals surface area contributed by atoms with E-state index in [2.05, 4.69) is 0 Å². The molecule has 0 spiro atoms. The molecule has 1 aromatic carbocycles. The molecular weight excluding hydrogens is 377 g/mol. The van der Waals surface area contributed by atoms with Crippen molar-refractivity contribution in [3.8, 4) is 5.75 Å². The molecule has 0 aliphatic heterocycles. The average molecular weight is 391 g/mol. The summed E-state index contributed by atoms with van der Waals surface area (Å²) in [6.45, 7) is 1.25. The zero-order valence-electron chi connectivity index (χ0n) is 13.8. The summed E-state index contributed by atoms with van der Waals surface area (Å²) in [5, 5.41) is 10.6. The van der Waals surface area contributed by atoms with Crippen LogP contribution in [-0.4, -0.2) is 28.1 Å². The third-order valence-corrected chi connectivity index (χ3v) is 3.99. The highest BCUT2D eigenvalue weighted by molar-refractivity contribution is 6.32. The van der Waals surface area contributed by atoms with Gasteiger partial charge in [-0.15, -0.1) is 0 Å². The van der Waals surface area contributed by atoms with E-state index in [0.29, 0.717) is 5.69 Å². The fourth-order valence-corrected chi connectivity index (χ4v) is 2.68. The number of Topliss-reactive ketones (excluding diaryl/α,β-unsaturated/α-hetero) is 1. The molecule has 0 amide bonds. The third kappa shape index (κ3) is 4.54. The molecular formula is C16H14ClF3N2O4. The topological polar surface area (TPSA) is 74.4 Å². The van der Waals surface area contributed by atoms with Crippen molar-refractivity contribution in [3.63, 3.8) is 0 Å². The predicted molar refractivity (Wildman–Crippen MR) is 87.9 cm³/mol. The van der Waals surface area contributed by atoms with Gasteiger partial charge in [-0.3, -0.25) is 14.9 Å². The van der Waals surface area contributed by atoms with Crippen molar-refractivity contribution in [3.05, 3.63) is 56.4 Å². The number of aryl methyl sites for hydroxylation is 1. The maximum atomic E-state index is 12.6. The molecule has 0 saturated heterocycles. The van der Waals surface area contributed by atoms with Gasteiger partial charge in [-0.1, -0.05) is 11.6 Å². The summed E-state index contributed by atoms with van der Waals surface area (Å²) in [5.74, 6) is -0.462. The fourth-order valence-electron chi connectivity index (χ4n) is 2.45. The van der Waals surface area contributed by atoms with Crippen molar-refractivity contribution in [1.29, 1.82) is 0 Å². The van der Waals surface area contributed by atoms with Crippen LogP contribution in [0, 0.1) is 24.0 Å². The standard InChI is InChI=1S/C16H14ClF3N2O4/c1-9-5-12(10(2)21(9)8-16(18,19)20)14(23)7-26-15-4-3-11(22(24)25)6-13(15)17/h3-6H,7-8H2,1-2H3. The zero-order chi connectivity index (χ0) is 19.6. The molecule has 2 rings (SSSR count). The fraction of sp³-hybridized carbons (Fsp3) is 0.312. The van der Waals surface area contributed by atoms with Crippen LogP contribution in [0.2, 0.25) is 5.02 Å². The SMILES string of the molecule is Cc1cc(C(=O)COc2ccc([N+](=O)[O-])cc2Cl)c(C)n1CC(F)(F)F. The minimum Gasteiger partial charge on any atom is -0.484 e. The molecule has 10 heteroatoms. The molecule has 0 fully saturated rings. The van der Waals surface area contributed by atoms with Crippen molar-refractivity contribution in [1.82, 2.24) is 4.57 Å². The molecule has 0 N–H and O–H groups in total. The normalized spacial score (nSPS) is 11.5. The number of halogens is 4. The van der Waals surface area contributed by atoms with Gasteiger partial charge >= 0.3 is 6.18 Å². The van der Waals surface area contributed by atoms with E-state index in [1.54, 1.807) is 0 Å². The second-order valence-electron chi connectivity index (χ2n) is 5.57. The number of alkyl halides is 3. The number of carbonyl (C=O) groups is 1. The van der Waals surface area contributed by atoms with Crippen molar-refractivity contribution >= 4 is 23.1 Å². The number of carbonyl (C=O) groups excluding carboxylic acids is 1. The Labute approximate surface area is 151 Å². The molecule has 2 aromatic rings. The van der Waals surface area contributed by atoms with Crippen molar-refractivity contribution in [2.24, 2.45) is 0 Å². The maximum Gasteiger partial charge on any atom is 0.406 e. The van der Waals surface area contributed by atoms with E-state index in [0.717, 1.165) is 10.6 Å². The van der Waals surface area contributed by atoms with Gasteiger partial charge in [-0.25, -0.2) is 0 Å². The first-order chi connectivity index (χ1) is 12.0. The molecule has 0 atom stereocenters. The lowest BCUT2D eigenvalue weighted by molar-refractivity contribution is -0.384. The Bertz CT molecular complexity index is 862. The lowest BCUT2D eigenvalue weighted by Gasteiger charge is -2.12. The second kappa shape index (κ2) is 7.36. The average Bonchev–Trinajstić information content (AvgIpc) is 2.80. The quantitative estimate of drug-likeness (QED) is 0.414. The van der Waals surface area contributed by atoms with E-state index in [-0.39, 0.29) is 27.7 Å². The van der Waals surface area contributed by atoms with Crippen LogP contribution in [0.25, 0.3) is 0 Å². The molecule has 0 saturated carbocycles. The van der Waals surface area contributed by atoms with Crippen LogP contribution in [-0.2, 0) is 6.54 Å². The van der Waals surface area contributed by atoms with E-state index in [4.69, 9.17) is 16.3 Å². The number of ketones is 1. The molecule has 0 bridgehead atoms. The maximum absolute atomic E-state index is 12.6. The van der Waals surface area contributed by atoms with Crippen LogP contribution < -0.4 is 4.74 Å². The van der Waals surface area contributed by atoms with Crippen molar-refractivity contribution in [2.45, 2.75) is 26.6 Å². The molecule has 0 aliphatic rings. The third-order valence-electron chi connectivity index (χ3n) is 3.70. The van der Waals surface area contributed by atoms with Gasteiger partial charge in [0.05, 0.1) is 9.95 Å². The number of hydrogen-bond donors (Lipinski definition) is 0. The summed E-state index contributed by atoms with van der Waals surface area (Å²) in [6, 6.07) is 4.86. The molecule has 26 heavy (non-hydrogen) atoms. The number of benzene rings is 1. The van der Waals surface area contributed by atoms with Crippen LogP contribution in [0.1, 0.15) is 21.7 Å². The van der Waals surface area contributed by atoms with E-state index < -0.39 is 30.0 Å². The van der Waals surface area contributed by atoms with Gasteiger partial charge in [0.15, 0.2) is 6.61 Å². The van der Waals surface area contributed by atoms with Crippen LogP contribution in [0.5, 0.6) is 5.75 Å². The molecule has 0 unspecified atom stereocenters. The summed E-state index contributed by atoms with van der Waals surface area (Å²) < 4.78 is 44.1. The van der Waals surface area contributed by atoms with Gasteiger partial charge in [0.25, 0.3) is 5.69 Å². The Morgan fingerprint density at radius 2 is 1.96 bits per heavy atom. The number of hydrogen-bond acceptors (Lipinski definition) is 4. The number of non-ortho nitro benzene ring substituents is 1. The van der Waals surface area contributed by atoms with Gasteiger partial charge in [0.2, 0.25) is 5.78 Å².